The van der Waals surface area contributed by atoms with Crippen molar-refractivity contribution in [2.45, 2.75) is 25.3 Å². The molecule has 0 saturated heterocycles. The molecule has 2 aromatic rings. The van der Waals surface area contributed by atoms with Gasteiger partial charge in [0.25, 0.3) is 0 Å². The highest BCUT2D eigenvalue weighted by Gasteiger charge is 2.21. The number of nitrogens with zero attached hydrogens (tertiary/aromatic N) is 1. The summed E-state index contributed by atoms with van der Waals surface area (Å²) >= 11 is 5.32. The number of thiazole rings is 1. The maximum absolute atomic E-state index is 6.30. The van der Waals surface area contributed by atoms with Crippen LogP contribution < -0.4 is 5.73 Å². The zero-order valence-corrected chi connectivity index (χ0v) is 11.7. The predicted octanol–water partition coefficient (Wildman–Crippen LogP) is 3.44. The molecule has 0 aliphatic heterocycles. The van der Waals surface area contributed by atoms with E-state index in [9.17, 15) is 0 Å². The first kappa shape index (κ1) is 11.4. The summed E-state index contributed by atoms with van der Waals surface area (Å²) in [5, 5.41) is 1.04. The first-order valence-corrected chi connectivity index (χ1v) is 7.35. The van der Waals surface area contributed by atoms with E-state index in [-0.39, 0.29) is 6.04 Å². The summed E-state index contributed by atoms with van der Waals surface area (Å²) in [6, 6.07) is 7.99. The molecule has 1 atom stereocenters. The van der Waals surface area contributed by atoms with Gasteiger partial charge in [0, 0.05) is 9.35 Å². The second-order valence-electron chi connectivity index (χ2n) is 4.27. The summed E-state index contributed by atoms with van der Waals surface area (Å²) < 4.78 is 1.06. The molecule has 3 rings (SSSR count). The maximum atomic E-state index is 6.30. The average molecular weight is 309 g/mol. The van der Waals surface area contributed by atoms with Crippen LogP contribution in [0.1, 0.15) is 33.6 Å². The Morgan fingerprint density at radius 1 is 1.29 bits per heavy atom. The van der Waals surface area contributed by atoms with E-state index in [1.54, 1.807) is 11.3 Å². The van der Waals surface area contributed by atoms with Gasteiger partial charge in [0.15, 0.2) is 0 Å². The normalized spacial score (nSPS) is 15.9. The van der Waals surface area contributed by atoms with E-state index in [2.05, 4.69) is 27.0 Å². The largest absolute Gasteiger partial charge is 0.318 e. The van der Waals surface area contributed by atoms with E-state index < -0.39 is 0 Å². The minimum absolute atomic E-state index is 0.110. The number of nitrogens with two attached hydrogens (primary N) is 1. The molecule has 0 radical (unpaired) electrons. The van der Waals surface area contributed by atoms with Crippen molar-refractivity contribution in [1.82, 2.24) is 4.98 Å². The topological polar surface area (TPSA) is 38.9 Å². The molecule has 88 valence electrons. The van der Waals surface area contributed by atoms with E-state index in [0.29, 0.717) is 0 Å². The third-order valence-electron chi connectivity index (χ3n) is 3.12. The van der Waals surface area contributed by atoms with Crippen LogP contribution >= 0.6 is 27.3 Å². The predicted molar refractivity (Wildman–Crippen MR) is 74.3 cm³/mol. The zero-order chi connectivity index (χ0) is 11.8. The lowest BCUT2D eigenvalue weighted by molar-refractivity contribution is 0.830. The van der Waals surface area contributed by atoms with Crippen molar-refractivity contribution >= 4 is 27.3 Å². The monoisotopic (exact) mass is 308 g/mol. The number of rotatable bonds is 2. The van der Waals surface area contributed by atoms with Gasteiger partial charge in [-0.1, -0.05) is 34.1 Å². The van der Waals surface area contributed by atoms with Crippen molar-refractivity contribution in [3.63, 3.8) is 0 Å². The Hall–Kier alpha value is -0.710. The molecule has 1 aliphatic carbocycles. The average Bonchev–Trinajstić information content (AvgIpc) is 2.88. The first-order valence-electron chi connectivity index (χ1n) is 5.74. The van der Waals surface area contributed by atoms with Crippen LogP contribution in [0.4, 0.5) is 0 Å². The Bertz CT molecular complexity index is 529. The third kappa shape index (κ3) is 2.05. The summed E-state index contributed by atoms with van der Waals surface area (Å²) in [6.45, 7) is 0. The molecule has 4 heteroatoms. The molecule has 1 aliphatic rings. The molecule has 2 nitrogen and oxygen atoms in total. The van der Waals surface area contributed by atoms with Gasteiger partial charge in [-0.2, -0.15) is 0 Å². The molecule has 0 amide bonds. The summed E-state index contributed by atoms with van der Waals surface area (Å²) in [7, 11) is 0. The number of aryl methyl sites for hydroxylation is 2. The molecular formula is C13H13BrN2S. The fourth-order valence-electron chi connectivity index (χ4n) is 2.20. The van der Waals surface area contributed by atoms with E-state index in [0.717, 1.165) is 21.5 Å². The number of halogens is 1. The van der Waals surface area contributed by atoms with Gasteiger partial charge in [0.05, 0.1) is 11.7 Å². The van der Waals surface area contributed by atoms with Gasteiger partial charge in [-0.05, 0) is 30.9 Å². The summed E-state index contributed by atoms with van der Waals surface area (Å²) in [5.41, 5.74) is 8.68. The summed E-state index contributed by atoms with van der Waals surface area (Å²) in [5.74, 6) is 0. The van der Waals surface area contributed by atoms with Gasteiger partial charge in [-0.3, -0.25) is 0 Å². The van der Waals surface area contributed by atoms with Crippen molar-refractivity contribution in [2.24, 2.45) is 5.73 Å². The van der Waals surface area contributed by atoms with E-state index in [1.165, 1.54) is 23.4 Å². The molecule has 1 heterocycles. The summed E-state index contributed by atoms with van der Waals surface area (Å²) in [4.78, 5) is 6.11. The van der Waals surface area contributed by atoms with Crippen LogP contribution in [0.3, 0.4) is 0 Å². The minimum atomic E-state index is -0.110. The highest BCUT2D eigenvalue weighted by atomic mass is 79.9. The van der Waals surface area contributed by atoms with Gasteiger partial charge in [0.2, 0.25) is 0 Å². The highest BCUT2D eigenvalue weighted by Crippen LogP contribution is 2.34. The van der Waals surface area contributed by atoms with Gasteiger partial charge in [-0.25, -0.2) is 4.98 Å². The van der Waals surface area contributed by atoms with Crippen LogP contribution in [-0.4, -0.2) is 4.98 Å². The molecule has 0 spiro atoms. The van der Waals surface area contributed by atoms with Gasteiger partial charge >= 0.3 is 0 Å². The summed E-state index contributed by atoms with van der Waals surface area (Å²) in [6.07, 6.45) is 3.54. The minimum Gasteiger partial charge on any atom is -0.318 e. The Labute approximate surface area is 113 Å². The SMILES string of the molecule is NC(c1nc2c(s1)CCC2)c1ccccc1Br. The number of aromatic nitrogens is 1. The molecule has 0 saturated carbocycles. The highest BCUT2D eigenvalue weighted by molar-refractivity contribution is 9.10. The van der Waals surface area contributed by atoms with Gasteiger partial charge in [-0.15, -0.1) is 11.3 Å². The van der Waals surface area contributed by atoms with E-state index >= 15 is 0 Å². The number of hydrogen-bond donors (Lipinski definition) is 1. The quantitative estimate of drug-likeness (QED) is 0.923. The Morgan fingerprint density at radius 3 is 2.88 bits per heavy atom. The lowest BCUT2D eigenvalue weighted by Crippen LogP contribution is -2.12. The van der Waals surface area contributed by atoms with E-state index in [4.69, 9.17) is 5.73 Å². The smallest absolute Gasteiger partial charge is 0.114 e. The molecule has 1 aromatic heterocycles. The van der Waals surface area contributed by atoms with Crippen LogP contribution in [0.5, 0.6) is 0 Å². The molecular weight excluding hydrogens is 296 g/mol. The van der Waals surface area contributed by atoms with Crippen molar-refractivity contribution in [3.05, 3.63) is 49.9 Å². The second-order valence-corrected chi connectivity index (χ2v) is 6.24. The zero-order valence-electron chi connectivity index (χ0n) is 9.32. The maximum Gasteiger partial charge on any atom is 0.114 e. The van der Waals surface area contributed by atoms with E-state index in [1.807, 2.05) is 18.2 Å². The molecule has 2 N–H and O–H groups in total. The van der Waals surface area contributed by atoms with Crippen LogP contribution in [0, 0.1) is 0 Å². The van der Waals surface area contributed by atoms with Crippen LogP contribution in [0.2, 0.25) is 0 Å². The molecule has 0 bridgehead atoms. The van der Waals surface area contributed by atoms with Gasteiger partial charge < -0.3 is 5.73 Å². The van der Waals surface area contributed by atoms with Gasteiger partial charge in [0.1, 0.15) is 5.01 Å². The Morgan fingerprint density at radius 2 is 2.12 bits per heavy atom. The Balaban J connectivity index is 1.96. The van der Waals surface area contributed by atoms with Crippen LogP contribution in [-0.2, 0) is 12.8 Å². The van der Waals surface area contributed by atoms with Crippen molar-refractivity contribution in [3.8, 4) is 0 Å². The molecule has 1 aromatic carbocycles. The Kier molecular flexibility index (Phi) is 3.03. The molecule has 17 heavy (non-hydrogen) atoms. The molecule has 0 fully saturated rings. The van der Waals surface area contributed by atoms with Crippen molar-refractivity contribution in [2.75, 3.05) is 0 Å². The number of fused-ring (bicyclic) bond motifs is 1. The fourth-order valence-corrected chi connectivity index (χ4v) is 3.91. The number of hydrogen-bond acceptors (Lipinski definition) is 3. The number of benzene rings is 1. The van der Waals surface area contributed by atoms with Crippen molar-refractivity contribution in [1.29, 1.82) is 0 Å². The van der Waals surface area contributed by atoms with Crippen molar-refractivity contribution < 1.29 is 0 Å². The standard InChI is InChI=1S/C13H13BrN2S/c14-9-5-2-1-4-8(9)12(15)13-16-10-6-3-7-11(10)17-13/h1-2,4-5,12H,3,6-7,15H2. The molecule has 1 unspecified atom stereocenters. The van der Waals surface area contributed by atoms with Crippen LogP contribution in [0.15, 0.2) is 28.7 Å². The lowest BCUT2D eigenvalue weighted by Gasteiger charge is -2.10. The van der Waals surface area contributed by atoms with Crippen LogP contribution in [0.25, 0.3) is 0 Å². The second kappa shape index (κ2) is 4.52. The third-order valence-corrected chi connectivity index (χ3v) is 5.08. The fraction of sp³-hybridized carbons (Fsp3) is 0.308. The first-order chi connectivity index (χ1) is 8.25. The lowest BCUT2D eigenvalue weighted by atomic mass is 10.1.